The number of nitrogens with two attached hydrogens (primary N) is 1. The molecule has 1 unspecified atom stereocenters. The lowest BCUT2D eigenvalue weighted by Crippen LogP contribution is -2.26. The highest BCUT2D eigenvalue weighted by molar-refractivity contribution is 5.96. The van der Waals surface area contributed by atoms with Crippen LogP contribution in [0.15, 0.2) is 36.5 Å². The van der Waals surface area contributed by atoms with Crippen LogP contribution in [0.25, 0.3) is 0 Å². The Hall–Kier alpha value is -2.56. The highest BCUT2D eigenvalue weighted by Gasteiger charge is 2.24. The van der Waals surface area contributed by atoms with Gasteiger partial charge in [-0.25, -0.2) is 4.79 Å². The van der Waals surface area contributed by atoms with Crippen molar-refractivity contribution < 1.29 is 14.3 Å². The summed E-state index contributed by atoms with van der Waals surface area (Å²) in [4.78, 5) is 23.5. The number of carbonyl (C=O) groups is 2. The van der Waals surface area contributed by atoms with Gasteiger partial charge in [0.25, 0.3) is 0 Å². The van der Waals surface area contributed by atoms with Crippen LogP contribution in [0.1, 0.15) is 38.4 Å². The summed E-state index contributed by atoms with van der Waals surface area (Å²) >= 11 is 0. The minimum absolute atomic E-state index is 0.130. The summed E-state index contributed by atoms with van der Waals surface area (Å²) in [6.45, 7) is 0. The van der Waals surface area contributed by atoms with Crippen LogP contribution < -0.4 is 5.73 Å². The number of amides is 1. The normalized spacial score (nSPS) is 16.9. The molecule has 1 atom stereocenters. The van der Waals surface area contributed by atoms with E-state index in [1.54, 1.807) is 11.6 Å². The molecule has 22 heavy (non-hydrogen) atoms. The Kier molecular flexibility index (Phi) is 3.71. The molecule has 1 aromatic heterocycles. The first-order chi connectivity index (χ1) is 10.5. The number of benzene rings is 1. The summed E-state index contributed by atoms with van der Waals surface area (Å²) in [6, 6.07) is 9.69. The van der Waals surface area contributed by atoms with E-state index in [4.69, 9.17) is 10.5 Å². The monoisotopic (exact) mass is 298 g/mol. The molecule has 114 valence electrons. The Balaban J connectivity index is 1.72. The molecule has 0 radical (unpaired) electrons. The number of nitrogens with zero attached hydrogens (tertiary/aromatic N) is 1. The molecule has 1 aromatic carbocycles. The smallest absolute Gasteiger partial charge is 0.355 e. The summed E-state index contributed by atoms with van der Waals surface area (Å²) in [5.41, 5.74) is 8.43. The molecule has 5 nitrogen and oxygen atoms in total. The summed E-state index contributed by atoms with van der Waals surface area (Å²) in [5.74, 6) is -0.972. The van der Waals surface area contributed by atoms with Crippen LogP contribution in [0.2, 0.25) is 0 Å². The molecule has 0 fully saturated rings. The van der Waals surface area contributed by atoms with Crippen molar-refractivity contribution in [3.8, 4) is 0 Å². The molecule has 0 aliphatic heterocycles. The van der Waals surface area contributed by atoms with E-state index in [1.165, 1.54) is 23.4 Å². The molecule has 0 saturated heterocycles. The van der Waals surface area contributed by atoms with Crippen molar-refractivity contribution in [3.05, 3.63) is 58.9 Å². The highest BCUT2D eigenvalue weighted by atomic mass is 16.5. The summed E-state index contributed by atoms with van der Waals surface area (Å²) in [6.07, 6.45) is 3.86. The Labute approximate surface area is 128 Å². The predicted octanol–water partition coefficient (Wildman–Crippen LogP) is 1.84. The number of hydrogen-bond acceptors (Lipinski definition) is 3. The molecule has 1 heterocycles. The molecule has 0 saturated carbocycles. The molecule has 1 amide bonds. The van der Waals surface area contributed by atoms with E-state index in [0.717, 1.165) is 19.3 Å². The average molecular weight is 298 g/mol. The molecule has 0 spiro atoms. The van der Waals surface area contributed by atoms with E-state index >= 15 is 0 Å². The number of rotatable bonds is 3. The van der Waals surface area contributed by atoms with Crippen molar-refractivity contribution in [2.45, 2.75) is 25.4 Å². The maximum atomic E-state index is 12.3. The van der Waals surface area contributed by atoms with E-state index in [2.05, 4.69) is 12.1 Å². The molecular weight excluding hydrogens is 280 g/mol. The van der Waals surface area contributed by atoms with Gasteiger partial charge in [-0.2, -0.15) is 0 Å². The summed E-state index contributed by atoms with van der Waals surface area (Å²) in [7, 11) is 1.69. The molecular formula is C17H18N2O3. The second-order valence-electron chi connectivity index (χ2n) is 5.63. The molecule has 2 aromatic rings. The molecule has 1 aliphatic rings. The maximum absolute atomic E-state index is 12.3. The quantitative estimate of drug-likeness (QED) is 0.879. The Morgan fingerprint density at radius 1 is 1.27 bits per heavy atom. The lowest BCUT2D eigenvalue weighted by molar-refractivity contribution is 0.0260. The van der Waals surface area contributed by atoms with Gasteiger partial charge < -0.3 is 15.0 Å². The summed E-state index contributed by atoms with van der Waals surface area (Å²) < 4.78 is 7.16. The van der Waals surface area contributed by atoms with E-state index in [0.29, 0.717) is 11.3 Å². The Morgan fingerprint density at radius 2 is 2.00 bits per heavy atom. The third-order valence-electron chi connectivity index (χ3n) is 4.07. The predicted molar refractivity (Wildman–Crippen MR) is 81.6 cm³/mol. The molecule has 2 N–H and O–H groups in total. The van der Waals surface area contributed by atoms with Gasteiger partial charge in [0, 0.05) is 19.7 Å². The van der Waals surface area contributed by atoms with Gasteiger partial charge in [0.05, 0.1) is 5.56 Å². The van der Waals surface area contributed by atoms with Gasteiger partial charge >= 0.3 is 5.97 Å². The van der Waals surface area contributed by atoms with Gasteiger partial charge in [-0.05, 0) is 30.0 Å². The van der Waals surface area contributed by atoms with Crippen molar-refractivity contribution in [1.82, 2.24) is 4.57 Å². The van der Waals surface area contributed by atoms with Gasteiger partial charge in [-0.15, -0.1) is 0 Å². The van der Waals surface area contributed by atoms with Gasteiger partial charge in [0.2, 0.25) is 5.91 Å². The third kappa shape index (κ3) is 2.74. The van der Waals surface area contributed by atoms with Crippen molar-refractivity contribution in [1.29, 1.82) is 0 Å². The second kappa shape index (κ2) is 5.67. The van der Waals surface area contributed by atoms with Crippen molar-refractivity contribution >= 4 is 11.9 Å². The van der Waals surface area contributed by atoms with Crippen LogP contribution >= 0.6 is 0 Å². The summed E-state index contributed by atoms with van der Waals surface area (Å²) in [5, 5.41) is 0. The van der Waals surface area contributed by atoms with Crippen LogP contribution in [0, 0.1) is 0 Å². The van der Waals surface area contributed by atoms with Gasteiger partial charge in [0.1, 0.15) is 11.8 Å². The van der Waals surface area contributed by atoms with Gasteiger partial charge in [0.15, 0.2) is 0 Å². The number of aromatic nitrogens is 1. The SMILES string of the molecule is Cn1cc(C(N)=O)cc1C(=O)OC1CCc2ccccc2C1. The highest BCUT2D eigenvalue weighted by Crippen LogP contribution is 2.23. The largest absolute Gasteiger partial charge is 0.457 e. The Bertz CT molecular complexity index is 733. The second-order valence-corrected chi connectivity index (χ2v) is 5.63. The average Bonchev–Trinajstić information content (AvgIpc) is 2.89. The van der Waals surface area contributed by atoms with Crippen LogP contribution in [-0.4, -0.2) is 22.5 Å². The van der Waals surface area contributed by atoms with Gasteiger partial charge in [-0.1, -0.05) is 24.3 Å². The number of ether oxygens (including phenoxy) is 1. The zero-order valence-electron chi connectivity index (χ0n) is 12.4. The van der Waals surface area contributed by atoms with Crippen molar-refractivity contribution in [2.24, 2.45) is 12.8 Å². The lowest BCUT2D eigenvalue weighted by Gasteiger charge is -2.24. The number of primary amides is 1. The minimum Gasteiger partial charge on any atom is -0.457 e. The lowest BCUT2D eigenvalue weighted by atomic mass is 9.90. The fraction of sp³-hybridized carbons (Fsp3) is 0.294. The van der Waals surface area contributed by atoms with E-state index in [1.807, 2.05) is 12.1 Å². The number of carbonyl (C=O) groups excluding carboxylic acids is 2. The third-order valence-corrected chi connectivity index (χ3v) is 4.07. The number of hydrogen-bond donors (Lipinski definition) is 1. The van der Waals surface area contributed by atoms with Crippen LogP contribution in [-0.2, 0) is 24.6 Å². The van der Waals surface area contributed by atoms with E-state index in [9.17, 15) is 9.59 Å². The molecule has 5 heteroatoms. The molecule has 1 aliphatic carbocycles. The van der Waals surface area contributed by atoms with Crippen LogP contribution in [0.4, 0.5) is 0 Å². The fourth-order valence-electron chi connectivity index (χ4n) is 2.88. The van der Waals surface area contributed by atoms with Crippen LogP contribution in [0.3, 0.4) is 0 Å². The van der Waals surface area contributed by atoms with Crippen molar-refractivity contribution in [2.75, 3.05) is 0 Å². The first-order valence-corrected chi connectivity index (χ1v) is 7.28. The first-order valence-electron chi connectivity index (χ1n) is 7.28. The number of aryl methyl sites for hydroxylation is 2. The van der Waals surface area contributed by atoms with Gasteiger partial charge in [-0.3, -0.25) is 4.79 Å². The number of esters is 1. The molecule has 3 rings (SSSR count). The Morgan fingerprint density at radius 3 is 2.68 bits per heavy atom. The van der Waals surface area contributed by atoms with E-state index in [-0.39, 0.29) is 6.10 Å². The standard InChI is InChI=1S/C17H18N2O3/c1-19-10-13(16(18)20)9-15(19)17(21)22-14-7-6-11-4-2-3-5-12(11)8-14/h2-5,9-10,14H,6-8H2,1H3,(H2,18,20). The molecule has 0 bridgehead atoms. The topological polar surface area (TPSA) is 74.3 Å². The maximum Gasteiger partial charge on any atom is 0.355 e. The zero-order chi connectivity index (χ0) is 15.7. The fourth-order valence-corrected chi connectivity index (χ4v) is 2.88. The zero-order valence-corrected chi connectivity index (χ0v) is 12.4. The first kappa shape index (κ1) is 14.4. The van der Waals surface area contributed by atoms with Crippen molar-refractivity contribution in [3.63, 3.8) is 0 Å². The van der Waals surface area contributed by atoms with E-state index < -0.39 is 11.9 Å². The van der Waals surface area contributed by atoms with Crippen LogP contribution in [0.5, 0.6) is 0 Å². The minimum atomic E-state index is -0.554. The number of fused-ring (bicyclic) bond motifs is 1.